The number of hydrogen-bond donors (Lipinski definition) is 1. The molecule has 1 aliphatic heterocycles. The monoisotopic (exact) mass is 289 g/mol. The van der Waals surface area contributed by atoms with Crippen LogP contribution >= 0.6 is 0 Å². The van der Waals surface area contributed by atoms with E-state index >= 15 is 0 Å². The predicted octanol–water partition coefficient (Wildman–Crippen LogP) is 1.09. The van der Waals surface area contributed by atoms with Crippen LogP contribution in [-0.2, 0) is 9.59 Å². The first-order chi connectivity index (χ1) is 10.0. The summed E-state index contributed by atoms with van der Waals surface area (Å²) in [5, 5.41) is 2.56. The van der Waals surface area contributed by atoms with Crippen molar-refractivity contribution in [2.75, 3.05) is 37.6 Å². The van der Waals surface area contributed by atoms with Gasteiger partial charge < -0.3 is 15.1 Å². The van der Waals surface area contributed by atoms with Crippen molar-refractivity contribution in [1.82, 2.24) is 10.2 Å². The minimum atomic E-state index is -0.502. The maximum absolute atomic E-state index is 11.9. The summed E-state index contributed by atoms with van der Waals surface area (Å²) in [5.41, 5.74) is 3.77. The Bertz CT molecular complexity index is 534. The Kier molecular flexibility index (Phi) is 4.83. The number of hydrogen-bond acceptors (Lipinski definition) is 3. The third kappa shape index (κ3) is 3.35. The van der Waals surface area contributed by atoms with Gasteiger partial charge in [0.2, 0.25) is 0 Å². The lowest BCUT2D eigenvalue weighted by Gasteiger charge is -2.36. The molecule has 1 fully saturated rings. The summed E-state index contributed by atoms with van der Waals surface area (Å²) in [6, 6.07) is 6.28. The fourth-order valence-electron chi connectivity index (χ4n) is 2.61. The quantitative estimate of drug-likeness (QED) is 0.829. The second-order valence-electron chi connectivity index (χ2n) is 5.36. The Balaban J connectivity index is 1.99. The molecule has 0 radical (unpaired) electrons. The van der Waals surface area contributed by atoms with Gasteiger partial charge in [0.1, 0.15) is 0 Å². The number of aryl methyl sites for hydroxylation is 1. The van der Waals surface area contributed by atoms with E-state index in [-0.39, 0.29) is 0 Å². The first-order valence-electron chi connectivity index (χ1n) is 7.43. The van der Waals surface area contributed by atoms with Gasteiger partial charge >= 0.3 is 11.8 Å². The van der Waals surface area contributed by atoms with Crippen LogP contribution in [0.3, 0.4) is 0 Å². The van der Waals surface area contributed by atoms with Gasteiger partial charge in [-0.05, 0) is 38.0 Å². The number of likely N-dealkylation sites (N-methyl/N-ethyl adjacent to an activating group) is 1. The minimum absolute atomic E-state index is 0.419. The molecule has 0 aromatic heterocycles. The standard InChI is InChI=1S/C16H23N3O2/c1-4-17-15(20)16(21)19-10-8-18(9-11-19)14-7-5-6-12(2)13(14)3/h5-7H,4,8-11H2,1-3H3,(H,17,20). The fraction of sp³-hybridized carbons (Fsp3) is 0.500. The second-order valence-corrected chi connectivity index (χ2v) is 5.36. The number of nitrogens with zero attached hydrogens (tertiary/aromatic N) is 2. The van der Waals surface area contributed by atoms with Crippen LogP contribution in [0.1, 0.15) is 18.1 Å². The lowest BCUT2D eigenvalue weighted by atomic mass is 10.1. The van der Waals surface area contributed by atoms with Crippen molar-refractivity contribution in [1.29, 1.82) is 0 Å². The van der Waals surface area contributed by atoms with Crippen LogP contribution in [0, 0.1) is 13.8 Å². The molecule has 1 aliphatic rings. The molecule has 1 saturated heterocycles. The van der Waals surface area contributed by atoms with E-state index in [1.54, 1.807) is 4.90 Å². The number of benzene rings is 1. The van der Waals surface area contributed by atoms with Crippen molar-refractivity contribution in [3.8, 4) is 0 Å². The van der Waals surface area contributed by atoms with Crippen LogP contribution in [0.5, 0.6) is 0 Å². The Morgan fingerprint density at radius 2 is 1.81 bits per heavy atom. The molecule has 1 aromatic carbocycles. The van der Waals surface area contributed by atoms with Crippen molar-refractivity contribution < 1.29 is 9.59 Å². The lowest BCUT2D eigenvalue weighted by Crippen LogP contribution is -2.52. The number of piperazine rings is 1. The smallest absolute Gasteiger partial charge is 0.312 e. The van der Waals surface area contributed by atoms with Gasteiger partial charge in [0.15, 0.2) is 0 Å². The third-order valence-corrected chi connectivity index (χ3v) is 4.02. The van der Waals surface area contributed by atoms with E-state index in [0.717, 1.165) is 13.1 Å². The molecule has 0 saturated carbocycles. The SMILES string of the molecule is CCNC(=O)C(=O)N1CCN(c2cccc(C)c2C)CC1. The molecule has 0 atom stereocenters. The summed E-state index contributed by atoms with van der Waals surface area (Å²) >= 11 is 0. The summed E-state index contributed by atoms with van der Waals surface area (Å²) in [4.78, 5) is 27.4. The van der Waals surface area contributed by atoms with Gasteiger partial charge in [-0.1, -0.05) is 12.1 Å². The van der Waals surface area contributed by atoms with Gasteiger partial charge in [-0.3, -0.25) is 9.59 Å². The van der Waals surface area contributed by atoms with Crippen molar-refractivity contribution >= 4 is 17.5 Å². The average molecular weight is 289 g/mol. The molecule has 5 nitrogen and oxygen atoms in total. The lowest BCUT2D eigenvalue weighted by molar-refractivity contribution is -0.146. The van der Waals surface area contributed by atoms with Crippen LogP contribution in [-0.4, -0.2) is 49.4 Å². The Morgan fingerprint density at radius 3 is 2.43 bits per heavy atom. The van der Waals surface area contributed by atoms with Gasteiger partial charge in [-0.2, -0.15) is 0 Å². The molecule has 2 amide bonds. The number of anilines is 1. The zero-order valence-corrected chi connectivity index (χ0v) is 13.0. The van der Waals surface area contributed by atoms with Gasteiger partial charge in [0.25, 0.3) is 0 Å². The third-order valence-electron chi connectivity index (χ3n) is 4.02. The highest BCUT2D eigenvalue weighted by Crippen LogP contribution is 2.23. The highest BCUT2D eigenvalue weighted by Gasteiger charge is 2.26. The molecule has 5 heteroatoms. The highest BCUT2D eigenvalue weighted by atomic mass is 16.2. The van der Waals surface area contributed by atoms with E-state index < -0.39 is 11.8 Å². The predicted molar refractivity (Wildman–Crippen MR) is 83.4 cm³/mol. The Morgan fingerprint density at radius 1 is 1.14 bits per heavy atom. The van der Waals surface area contributed by atoms with Crippen molar-refractivity contribution in [3.63, 3.8) is 0 Å². The summed E-state index contributed by atoms with van der Waals surface area (Å²) in [5.74, 6) is -0.921. The molecular weight excluding hydrogens is 266 g/mol. The molecule has 2 rings (SSSR count). The Hall–Kier alpha value is -2.04. The Labute approximate surface area is 125 Å². The molecule has 1 N–H and O–H groups in total. The minimum Gasteiger partial charge on any atom is -0.368 e. The fourth-order valence-corrected chi connectivity index (χ4v) is 2.61. The van der Waals surface area contributed by atoms with E-state index in [9.17, 15) is 9.59 Å². The van der Waals surface area contributed by atoms with E-state index in [0.29, 0.717) is 19.6 Å². The molecule has 1 aromatic rings. The number of nitrogens with one attached hydrogen (secondary N) is 1. The molecule has 114 valence electrons. The summed E-state index contributed by atoms with van der Waals surface area (Å²) in [7, 11) is 0. The first kappa shape index (κ1) is 15.4. The topological polar surface area (TPSA) is 52.7 Å². The molecule has 0 unspecified atom stereocenters. The van der Waals surface area contributed by atoms with E-state index in [2.05, 4.69) is 42.3 Å². The molecule has 1 heterocycles. The maximum atomic E-state index is 11.9. The van der Waals surface area contributed by atoms with E-state index in [1.165, 1.54) is 16.8 Å². The number of amides is 2. The van der Waals surface area contributed by atoms with Gasteiger partial charge in [-0.15, -0.1) is 0 Å². The number of carbonyl (C=O) groups is 2. The van der Waals surface area contributed by atoms with Crippen LogP contribution in [0.25, 0.3) is 0 Å². The summed E-state index contributed by atoms with van der Waals surface area (Å²) in [6.07, 6.45) is 0. The normalized spacial score (nSPS) is 15.0. The molecule has 0 bridgehead atoms. The van der Waals surface area contributed by atoms with Gasteiger partial charge in [-0.25, -0.2) is 0 Å². The van der Waals surface area contributed by atoms with Crippen LogP contribution < -0.4 is 10.2 Å². The van der Waals surface area contributed by atoms with Crippen LogP contribution in [0.15, 0.2) is 18.2 Å². The van der Waals surface area contributed by atoms with Crippen LogP contribution in [0.2, 0.25) is 0 Å². The summed E-state index contributed by atoms with van der Waals surface area (Å²) in [6.45, 7) is 9.21. The van der Waals surface area contributed by atoms with Crippen molar-refractivity contribution in [2.24, 2.45) is 0 Å². The first-order valence-corrected chi connectivity index (χ1v) is 7.43. The molecule has 21 heavy (non-hydrogen) atoms. The van der Waals surface area contributed by atoms with Crippen molar-refractivity contribution in [2.45, 2.75) is 20.8 Å². The number of carbonyl (C=O) groups excluding carboxylic acids is 2. The van der Waals surface area contributed by atoms with E-state index in [1.807, 2.05) is 6.92 Å². The zero-order chi connectivity index (χ0) is 15.4. The summed E-state index contributed by atoms with van der Waals surface area (Å²) < 4.78 is 0. The largest absolute Gasteiger partial charge is 0.368 e. The van der Waals surface area contributed by atoms with E-state index in [4.69, 9.17) is 0 Å². The molecule has 0 spiro atoms. The van der Waals surface area contributed by atoms with Crippen LogP contribution in [0.4, 0.5) is 5.69 Å². The average Bonchev–Trinajstić information content (AvgIpc) is 2.50. The number of rotatable bonds is 2. The second kappa shape index (κ2) is 6.61. The highest BCUT2D eigenvalue weighted by molar-refractivity contribution is 6.35. The van der Waals surface area contributed by atoms with Gasteiger partial charge in [0.05, 0.1) is 0 Å². The van der Waals surface area contributed by atoms with Gasteiger partial charge in [0, 0.05) is 38.4 Å². The zero-order valence-electron chi connectivity index (χ0n) is 13.0. The maximum Gasteiger partial charge on any atom is 0.312 e. The van der Waals surface area contributed by atoms with Crippen molar-refractivity contribution in [3.05, 3.63) is 29.3 Å². The molecule has 0 aliphatic carbocycles. The molecular formula is C16H23N3O2.